The highest BCUT2D eigenvalue weighted by Gasteiger charge is 2.24. The number of esters is 1. The van der Waals surface area contributed by atoms with Gasteiger partial charge in [-0.3, -0.25) is 4.79 Å². The second kappa shape index (κ2) is 5.09. The van der Waals surface area contributed by atoms with Gasteiger partial charge in [-0.1, -0.05) is 0 Å². The quantitative estimate of drug-likeness (QED) is 0.167. The van der Waals surface area contributed by atoms with Crippen LogP contribution in [0.5, 0.6) is 0 Å². The molecule has 5 nitrogen and oxygen atoms in total. The maximum absolute atomic E-state index is 11.2. The molecule has 0 N–H and O–H groups in total. The third kappa shape index (κ3) is 5.00. The van der Waals surface area contributed by atoms with Crippen molar-refractivity contribution in [3.63, 3.8) is 0 Å². The zero-order valence-corrected chi connectivity index (χ0v) is 8.35. The van der Waals surface area contributed by atoms with Gasteiger partial charge in [0, 0.05) is 6.08 Å². The smallest absolute Gasteiger partial charge is 0.422 e. The lowest BCUT2D eigenvalue weighted by Gasteiger charge is -2.17. The number of nitrogens with zero attached hydrogens (tertiary/aromatic N) is 2. The van der Waals surface area contributed by atoms with Crippen molar-refractivity contribution < 1.29 is 19.1 Å². The summed E-state index contributed by atoms with van der Waals surface area (Å²) in [6.07, 6.45) is 2.58. The van der Waals surface area contributed by atoms with Crippen molar-refractivity contribution in [2.24, 2.45) is 0 Å². The van der Waals surface area contributed by atoms with Gasteiger partial charge < -0.3 is 10.3 Å². The van der Waals surface area contributed by atoms with Crippen LogP contribution >= 0.6 is 0 Å². The van der Waals surface area contributed by atoms with Crippen LogP contribution in [-0.2, 0) is 14.3 Å². The van der Waals surface area contributed by atoms with Crippen molar-refractivity contribution in [1.82, 2.24) is 0 Å². The summed E-state index contributed by atoms with van der Waals surface area (Å²) in [6, 6.07) is 0. The standard InChI is InChI=1S/C9H12N2O3/c1-9(2,3)14-8(13)7(11-10)5-4-6-12/h4-6H,1-3H3/b5-4+. The molecule has 0 fully saturated rings. The SMILES string of the molecule is CC(C)(C)OC(=O)C(/C=C/C=O)=[N+]=[N-]. The van der Waals surface area contributed by atoms with Crippen LogP contribution in [0.25, 0.3) is 5.53 Å². The Morgan fingerprint density at radius 3 is 2.36 bits per heavy atom. The summed E-state index contributed by atoms with van der Waals surface area (Å²) < 4.78 is 4.89. The first-order valence-corrected chi connectivity index (χ1v) is 3.98. The van der Waals surface area contributed by atoms with E-state index in [0.717, 1.165) is 12.2 Å². The monoisotopic (exact) mass is 196 g/mol. The van der Waals surface area contributed by atoms with Gasteiger partial charge in [-0.25, -0.2) is 4.79 Å². The zero-order chi connectivity index (χ0) is 11.2. The summed E-state index contributed by atoms with van der Waals surface area (Å²) in [7, 11) is 0. The van der Waals surface area contributed by atoms with Gasteiger partial charge in [-0.05, 0) is 26.8 Å². The van der Waals surface area contributed by atoms with Crippen LogP contribution in [0.3, 0.4) is 0 Å². The summed E-state index contributed by atoms with van der Waals surface area (Å²) in [5.41, 5.74) is 7.46. The third-order valence-corrected chi connectivity index (χ3v) is 1.05. The molecular formula is C9H12N2O3. The summed E-state index contributed by atoms with van der Waals surface area (Å²) in [5, 5.41) is 0. The van der Waals surface area contributed by atoms with Crippen molar-refractivity contribution in [1.29, 1.82) is 0 Å². The highest BCUT2D eigenvalue weighted by atomic mass is 16.6. The fourth-order valence-electron chi connectivity index (χ4n) is 0.603. The fourth-order valence-corrected chi connectivity index (χ4v) is 0.603. The van der Waals surface area contributed by atoms with Crippen molar-refractivity contribution >= 4 is 18.0 Å². The van der Waals surface area contributed by atoms with Crippen LogP contribution < -0.4 is 0 Å². The number of rotatable bonds is 3. The van der Waals surface area contributed by atoms with Crippen LogP contribution in [0.2, 0.25) is 0 Å². The van der Waals surface area contributed by atoms with E-state index in [9.17, 15) is 9.59 Å². The van der Waals surface area contributed by atoms with Crippen LogP contribution in [0.15, 0.2) is 12.2 Å². The molecule has 0 aromatic carbocycles. The Hall–Kier alpha value is -1.74. The van der Waals surface area contributed by atoms with Crippen LogP contribution in [0, 0.1) is 0 Å². The lowest BCUT2D eigenvalue weighted by molar-refractivity contribution is -0.150. The van der Waals surface area contributed by atoms with Crippen LogP contribution in [0.1, 0.15) is 20.8 Å². The van der Waals surface area contributed by atoms with Gasteiger partial charge in [-0.15, -0.1) is 0 Å². The number of hydrogen-bond acceptors (Lipinski definition) is 3. The average molecular weight is 196 g/mol. The van der Waals surface area contributed by atoms with Gasteiger partial charge in [0.2, 0.25) is 0 Å². The molecule has 0 aromatic heterocycles. The maximum Gasteiger partial charge on any atom is 0.422 e. The molecular weight excluding hydrogens is 184 g/mol. The normalized spacial score (nSPS) is 10.8. The van der Waals surface area contributed by atoms with E-state index in [0.29, 0.717) is 6.29 Å². The first-order chi connectivity index (χ1) is 6.40. The molecule has 0 aromatic rings. The molecule has 0 heterocycles. The van der Waals surface area contributed by atoms with E-state index in [1.807, 2.05) is 0 Å². The molecule has 76 valence electrons. The topological polar surface area (TPSA) is 79.8 Å². The van der Waals surface area contributed by atoms with Crippen molar-refractivity contribution in [2.75, 3.05) is 0 Å². The molecule has 5 heteroatoms. The number of ether oxygens (including phenoxy) is 1. The predicted octanol–water partition coefficient (Wildman–Crippen LogP) is 0.754. The summed E-state index contributed by atoms with van der Waals surface area (Å²) in [6.45, 7) is 5.05. The molecule has 0 unspecified atom stereocenters. The van der Waals surface area contributed by atoms with Gasteiger partial charge in [-0.2, -0.15) is 4.79 Å². The molecule has 0 radical (unpaired) electrons. The van der Waals surface area contributed by atoms with E-state index in [4.69, 9.17) is 10.3 Å². The lowest BCUT2D eigenvalue weighted by Crippen LogP contribution is -2.28. The minimum atomic E-state index is -0.780. The Bertz CT molecular complexity index is 307. The van der Waals surface area contributed by atoms with Crippen molar-refractivity contribution in [2.45, 2.75) is 26.4 Å². The second-order valence-corrected chi connectivity index (χ2v) is 3.48. The highest BCUT2D eigenvalue weighted by Crippen LogP contribution is 2.07. The summed E-state index contributed by atoms with van der Waals surface area (Å²) >= 11 is 0. The average Bonchev–Trinajstić information content (AvgIpc) is 2.02. The zero-order valence-electron chi connectivity index (χ0n) is 8.35. The third-order valence-electron chi connectivity index (χ3n) is 1.05. The maximum atomic E-state index is 11.2. The molecule has 0 aliphatic carbocycles. The largest absolute Gasteiger partial charge is 0.451 e. The van der Waals surface area contributed by atoms with Gasteiger partial charge in [0.05, 0.1) is 0 Å². The minimum Gasteiger partial charge on any atom is -0.451 e. The number of allylic oxidation sites excluding steroid dienone is 1. The number of carbonyl (C=O) groups is 2. The van der Waals surface area contributed by atoms with Gasteiger partial charge >= 0.3 is 11.7 Å². The predicted molar refractivity (Wildman–Crippen MR) is 49.7 cm³/mol. The van der Waals surface area contributed by atoms with E-state index in [1.54, 1.807) is 20.8 Å². The first kappa shape index (κ1) is 12.3. The molecule has 0 bridgehead atoms. The Balaban J connectivity index is 4.59. The van der Waals surface area contributed by atoms with Gasteiger partial charge in [0.1, 0.15) is 11.9 Å². The van der Waals surface area contributed by atoms with E-state index in [2.05, 4.69) is 4.79 Å². The van der Waals surface area contributed by atoms with Gasteiger partial charge in [0.15, 0.2) is 0 Å². The Kier molecular flexibility index (Phi) is 4.46. The lowest BCUT2D eigenvalue weighted by atomic mass is 10.2. The van der Waals surface area contributed by atoms with Gasteiger partial charge in [0.25, 0.3) is 0 Å². The second-order valence-electron chi connectivity index (χ2n) is 3.48. The molecule has 0 rings (SSSR count). The fraction of sp³-hybridized carbons (Fsp3) is 0.444. The van der Waals surface area contributed by atoms with E-state index in [-0.39, 0.29) is 5.71 Å². The molecule has 0 amide bonds. The van der Waals surface area contributed by atoms with Crippen molar-refractivity contribution in [3.8, 4) is 0 Å². The van der Waals surface area contributed by atoms with Crippen LogP contribution in [-0.4, -0.2) is 28.4 Å². The van der Waals surface area contributed by atoms with E-state index in [1.165, 1.54) is 0 Å². The Morgan fingerprint density at radius 1 is 1.43 bits per heavy atom. The summed E-state index contributed by atoms with van der Waals surface area (Å²) in [5.74, 6) is -0.780. The molecule has 0 atom stereocenters. The van der Waals surface area contributed by atoms with Crippen molar-refractivity contribution in [3.05, 3.63) is 17.7 Å². The van der Waals surface area contributed by atoms with E-state index >= 15 is 0 Å². The van der Waals surface area contributed by atoms with E-state index < -0.39 is 11.6 Å². The first-order valence-electron chi connectivity index (χ1n) is 3.98. The highest BCUT2D eigenvalue weighted by molar-refractivity contribution is 6.39. The molecule has 0 spiro atoms. The Labute approximate surface area is 82.0 Å². The molecule has 0 saturated carbocycles. The molecule has 0 aliphatic rings. The van der Waals surface area contributed by atoms with Crippen LogP contribution in [0.4, 0.5) is 0 Å². The number of aldehydes is 1. The number of hydrogen-bond donors (Lipinski definition) is 0. The molecule has 14 heavy (non-hydrogen) atoms. The Morgan fingerprint density at radius 2 is 2.00 bits per heavy atom. The molecule has 0 saturated heterocycles. The summed E-state index contributed by atoms with van der Waals surface area (Å²) in [4.78, 5) is 23.9. The minimum absolute atomic E-state index is 0.313. The number of carbonyl (C=O) groups excluding carboxylic acids is 2. The molecule has 0 aliphatic heterocycles.